The average Bonchev–Trinajstić information content (AvgIpc) is 2.75. The van der Waals surface area contributed by atoms with Gasteiger partial charge in [-0.3, -0.25) is 4.79 Å². The van der Waals surface area contributed by atoms with E-state index in [0.29, 0.717) is 6.42 Å². The maximum absolute atomic E-state index is 12.7. The molecule has 0 radical (unpaired) electrons. The highest BCUT2D eigenvalue weighted by Gasteiger charge is 2.33. The van der Waals surface area contributed by atoms with Crippen LogP contribution in [0.3, 0.4) is 0 Å². The number of rotatable bonds is 4. The number of halogens is 4. The molecule has 1 aliphatic heterocycles. The molecule has 2 rings (SSSR count). The van der Waals surface area contributed by atoms with Gasteiger partial charge in [-0.2, -0.15) is 13.2 Å². The molecule has 1 aliphatic rings. The summed E-state index contributed by atoms with van der Waals surface area (Å²) in [5.41, 5.74) is -0.952. The Morgan fingerprint density at radius 3 is 2.65 bits per heavy atom. The lowest BCUT2D eigenvalue weighted by molar-refractivity contribution is -0.137. The molecule has 23 heavy (non-hydrogen) atoms. The van der Waals surface area contributed by atoms with Gasteiger partial charge in [0.05, 0.1) is 27.8 Å². The second-order valence-corrected chi connectivity index (χ2v) is 8.78. The van der Waals surface area contributed by atoms with E-state index in [0.717, 1.165) is 23.9 Å². The highest BCUT2D eigenvalue weighted by Crippen LogP contribution is 2.36. The Labute approximate surface area is 140 Å². The first kappa shape index (κ1) is 18.4. The van der Waals surface area contributed by atoms with Gasteiger partial charge in [0.25, 0.3) is 0 Å². The zero-order valence-electron chi connectivity index (χ0n) is 11.7. The number of carbonyl (C=O) groups is 1. The van der Waals surface area contributed by atoms with Gasteiger partial charge < -0.3 is 5.32 Å². The first-order valence-corrected chi connectivity index (χ1v) is 9.75. The number of sulfone groups is 1. The summed E-state index contributed by atoms with van der Waals surface area (Å²) in [6.45, 7) is 0. The Balaban J connectivity index is 1.92. The van der Waals surface area contributed by atoms with Crippen LogP contribution in [0.4, 0.5) is 13.2 Å². The molecule has 1 heterocycles. The summed E-state index contributed by atoms with van der Waals surface area (Å²) in [4.78, 5) is 12.0. The van der Waals surface area contributed by atoms with Crippen molar-refractivity contribution in [3.05, 3.63) is 28.8 Å². The number of nitrogens with one attached hydrogen (secondary N) is 1. The number of alkyl halides is 3. The van der Waals surface area contributed by atoms with Gasteiger partial charge in [0.1, 0.15) is 0 Å². The van der Waals surface area contributed by atoms with Gasteiger partial charge in [-0.15, -0.1) is 11.8 Å². The van der Waals surface area contributed by atoms with Gasteiger partial charge in [0.15, 0.2) is 9.84 Å². The standard InChI is InChI=1S/C13H13ClF3NO3S2/c14-11-2-1-9(5-10(11)13(15,16)17)22-6-12(19)18-8-3-4-23(20,21)7-8/h1-2,5,8H,3-4,6-7H2,(H,18,19)/t8-/m0/s1. The van der Waals surface area contributed by atoms with Crippen molar-refractivity contribution in [2.45, 2.75) is 23.5 Å². The lowest BCUT2D eigenvalue weighted by Crippen LogP contribution is -2.36. The topological polar surface area (TPSA) is 63.2 Å². The fourth-order valence-electron chi connectivity index (χ4n) is 2.14. The van der Waals surface area contributed by atoms with Crippen molar-refractivity contribution in [3.8, 4) is 0 Å². The number of carbonyl (C=O) groups excluding carboxylic acids is 1. The van der Waals surface area contributed by atoms with Crippen LogP contribution >= 0.6 is 23.4 Å². The molecule has 0 saturated carbocycles. The van der Waals surface area contributed by atoms with Crippen LogP contribution in [0.5, 0.6) is 0 Å². The molecule has 128 valence electrons. The minimum atomic E-state index is -4.56. The van der Waals surface area contributed by atoms with Gasteiger partial charge in [0.2, 0.25) is 5.91 Å². The van der Waals surface area contributed by atoms with Crippen molar-refractivity contribution in [2.24, 2.45) is 0 Å². The Morgan fingerprint density at radius 1 is 1.39 bits per heavy atom. The van der Waals surface area contributed by atoms with Crippen LogP contribution in [0, 0.1) is 0 Å². The van der Waals surface area contributed by atoms with Crippen LogP contribution in [-0.4, -0.2) is 37.6 Å². The zero-order chi connectivity index (χ0) is 17.3. The van der Waals surface area contributed by atoms with Gasteiger partial charge in [0, 0.05) is 10.9 Å². The number of amides is 1. The largest absolute Gasteiger partial charge is 0.417 e. The summed E-state index contributed by atoms with van der Waals surface area (Å²) in [5, 5.41) is 2.17. The summed E-state index contributed by atoms with van der Waals surface area (Å²) in [5.74, 6) is -0.574. The van der Waals surface area contributed by atoms with Crippen LogP contribution in [0.25, 0.3) is 0 Å². The third-order valence-electron chi connectivity index (χ3n) is 3.21. The molecule has 1 saturated heterocycles. The lowest BCUT2D eigenvalue weighted by Gasteiger charge is -2.12. The second kappa shape index (κ2) is 6.90. The summed E-state index contributed by atoms with van der Waals surface area (Å²) in [7, 11) is -3.10. The van der Waals surface area contributed by atoms with Crippen molar-refractivity contribution in [1.29, 1.82) is 0 Å². The molecule has 0 aromatic heterocycles. The van der Waals surface area contributed by atoms with E-state index in [9.17, 15) is 26.4 Å². The Hall–Kier alpha value is -0.930. The van der Waals surface area contributed by atoms with E-state index >= 15 is 0 Å². The van der Waals surface area contributed by atoms with Crippen LogP contribution in [0.2, 0.25) is 5.02 Å². The normalized spacial score (nSPS) is 20.4. The molecule has 1 aromatic rings. The minimum Gasteiger partial charge on any atom is -0.352 e. The number of thioether (sulfide) groups is 1. The van der Waals surface area contributed by atoms with Crippen molar-refractivity contribution in [3.63, 3.8) is 0 Å². The SMILES string of the molecule is O=C(CSc1ccc(Cl)c(C(F)(F)F)c1)N[C@H]1CCS(=O)(=O)C1. The van der Waals surface area contributed by atoms with Crippen LogP contribution in [0.15, 0.2) is 23.1 Å². The first-order chi connectivity index (χ1) is 10.6. The zero-order valence-corrected chi connectivity index (χ0v) is 14.1. The van der Waals surface area contributed by atoms with E-state index in [4.69, 9.17) is 11.6 Å². The fraction of sp³-hybridized carbons (Fsp3) is 0.462. The predicted molar refractivity (Wildman–Crippen MR) is 82.4 cm³/mol. The van der Waals surface area contributed by atoms with E-state index < -0.39 is 38.5 Å². The monoisotopic (exact) mass is 387 g/mol. The van der Waals surface area contributed by atoms with E-state index in [1.54, 1.807) is 0 Å². The molecule has 0 bridgehead atoms. The molecule has 1 amide bonds. The van der Waals surface area contributed by atoms with Crippen molar-refractivity contribution in [1.82, 2.24) is 5.32 Å². The van der Waals surface area contributed by atoms with E-state index in [-0.39, 0.29) is 22.2 Å². The third-order valence-corrected chi connectivity index (χ3v) is 6.30. The third kappa shape index (κ3) is 5.29. The molecule has 0 spiro atoms. The summed E-state index contributed by atoms with van der Waals surface area (Å²) < 4.78 is 60.8. The molecule has 0 aliphatic carbocycles. The number of benzene rings is 1. The van der Waals surface area contributed by atoms with Gasteiger partial charge in [-0.1, -0.05) is 11.6 Å². The van der Waals surface area contributed by atoms with Crippen molar-refractivity contribution < 1.29 is 26.4 Å². The molecule has 1 N–H and O–H groups in total. The summed E-state index contributed by atoms with van der Waals surface area (Å²) >= 11 is 6.45. The second-order valence-electron chi connectivity index (χ2n) is 5.10. The lowest BCUT2D eigenvalue weighted by atomic mass is 10.2. The van der Waals surface area contributed by atoms with Crippen LogP contribution < -0.4 is 5.32 Å². The summed E-state index contributed by atoms with van der Waals surface area (Å²) in [6, 6.07) is 2.99. The van der Waals surface area contributed by atoms with E-state index in [1.807, 2.05) is 0 Å². The summed E-state index contributed by atoms with van der Waals surface area (Å²) in [6.07, 6.45) is -4.20. The highest BCUT2D eigenvalue weighted by atomic mass is 35.5. The quantitative estimate of drug-likeness (QED) is 0.807. The highest BCUT2D eigenvalue weighted by molar-refractivity contribution is 8.00. The molecule has 1 fully saturated rings. The molecule has 1 aromatic carbocycles. The first-order valence-electron chi connectivity index (χ1n) is 6.56. The van der Waals surface area contributed by atoms with Gasteiger partial charge in [-0.25, -0.2) is 8.42 Å². The van der Waals surface area contributed by atoms with Crippen LogP contribution in [-0.2, 0) is 20.8 Å². The number of hydrogen-bond acceptors (Lipinski definition) is 4. The Morgan fingerprint density at radius 2 is 2.09 bits per heavy atom. The molecular formula is C13H13ClF3NO3S2. The van der Waals surface area contributed by atoms with Gasteiger partial charge in [-0.05, 0) is 24.6 Å². The molecule has 4 nitrogen and oxygen atoms in total. The maximum Gasteiger partial charge on any atom is 0.417 e. The Kier molecular flexibility index (Phi) is 5.52. The maximum atomic E-state index is 12.7. The molecular weight excluding hydrogens is 375 g/mol. The fourth-order valence-corrected chi connectivity index (χ4v) is 4.78. The van der Waals surface area contributed by atoms with Crippen molar-refractivity contribution in [2.75, 3.05) is 17.3 Å². The average molecular weight is 388 g/mol. The molecule has 1 atom stereocenters. The van der Waals surface area contributed by atoms with Gasteiger partial charge >= 0.3 is 6.18 Å². The smallest absolute Gasteiger partial charge is 0.352 e. The van der Waals surface area contributed by atoms with Crippen molar-refractivity contribution >= 4 is 39.1 Å². The Bertz CT molecular complexity index is 707. The molecule has 10 heteroatoms. The van der Waals surface area contributed by atoms with E-state index in [1.165, 1.54) is 6.07 Å². The molecule has 0 unspecified atom stereocenters. The number of hydrogen-bond donors (Lipinski definition) is 1. The van der Waals surface area contributed by atoms with Crippen LogP contribution in [0.1, 0.15) is 12.0 Å². The minimum absolute atomic E-state index is 0.0389. The van der Waals surface area contributed by atoms with E-state index in [2.05, 4.69) is 5.32 Å². The predicted octanol–water partition coefficient (Wildman–Crippen LogP) is 2.75.